The normalized spacial score (nSPS) is 17.2. The standard InChI is InChI=1S/C17H25N.ClH/c1-4-13-18(3)14(2)15-9-11-17(12-10-15)16-7-5-6-8-16;/h4,9-12,14,16H,1,5-8,13H2,2-3H3;1H. The highest BCUT2D eigenvalue weighted by Gasteiger charge is 2.17. The summed E-state index contributed by atoms with van der Waals surface area (Å²) in [6.45, 7) is 7.00. The van der Waals surface area contributed by atoms with Gasteiger partial charge < -0.3 is 0 Å². The summed E-state index contributed by atoms with van der Waals surface area (Å²) in [5, 5.41) is 0. The molecule has 2 rings (SSSR count). The predicted octanol–water partition coefficient (Wildman–Crippen LogP) is 4.94. The minimum absolute atomic E-state index is 0. The van der Waals surface area contributed by atoms with Gasteiger partial charge in [0.15, 0.2) is 0 Å². The van der Waals surface area contributed by atoms with Crippen molar-refractivity contribution in [3.63, 3.8) is 0 Å². The van der Waals surface area contributed by atoms with Gasteiger partial charge in [0, 0.05) is 12.6 Å². The van der Waals surface area contributed by atoms with Gasteiger partial charge in [-0.15, -0.1) is 19.0 Å². The maximum Gasteiger partial charge on any atom is 0.0320 e. The summed E-state index contributed by atoms with van der Waals surface area (Å²) in [4.78, 5) is 2.32. The van der Waals surface area contributed by atoms with Crippen molar-refractivity contribution in [2.45, 2.75) is 44.6 Å². The van der Waals surface area contributed by atoms with Crippen LogP contribution in [-0.4, -0.2) is 18.5 Å². The summed E-state index contributed by atoms with van der Waals surface area (Å²) in [7, 11) is 2.15. The molecule has 0 aromatic heterocycles. The van der Waals surface area contributed by atoms with Gasteiger partial charge in [0.2, 0.25) is 0 Å². The summed E-state index contributed by atoms with van der Waals surface area (Å²) in [6, 6.07) is 9.74. The summed E-state index contributed by atoms with van der Waals surface area (Å²) in [5.74, 6) is 0.820. The molecule has 1 fully saturated rings. The molecule has 1 aromatic rings. The van der Waals surface area contributed by atoms with Gasteiger partial charge in [0.25, 0.3) is 0 Å². The van der Waals surface area contributed by atoms with Crippen molar-refractivity contribution in [1.82, 2.24) is 4.90 Å². The predicted molar refractivity (Wildman–Crippen MR) is 86.1 cm³/mol. The van der Waals surface area contributed by atoms with E-state index in [0.29, 0.717) is 6.04 Å². The first-order valence-corrected chi connectivity index (χ1v) is 7.13. The highest BCUT2D eigenvalue weighted by atomic mass is 35.5. The molecule has 1 unspecified atom stereocenters. The molecular weight excluding hydrogens is 254 g/mol. The highest BCUT2D eigenvalue weighted by Crippen LogP contribution is 2.34. The zero-order valence-electron chi connectivity index (χ0n) is 12.1. The third kappa shape index (κ3) is 4.09. The minimum Gasteiger partial charge on any atom is -0.296 e. The SMILES string of the molecule is C=CCN(C)C(C)c1ccc(C2CCCC2)cc1.Cl. The van der Waals surface area contributed by atoms with Crippen LogP contribution >= 0.6 is 12.4 Å². The van der Waals surface area contributed by atoms with Gasteiger partial charge in [-0.3, -0.25) is 4.90 Å². The molecule has 1 aromatic carbocycles. The number of likely N-dealkylation sites (N-methyl/N-ethyl adjacent to an activating group) is 1. The maximum atomic E-state index is 3.80. The summed E-state index contributed by atoms with van der Waals surface area (Å²) >= 11 is 0. The number of rotatable bonds is 5. The van der Waals surface area contributed by atoms with Gasteiger partial charge in [-0.05, 0) is 43.9 Å². The molecule has 1 nitrogen and oxygen atoms in total. The van der Waals surface area contributed by atoms with Crippen LogP contribution in [0.5, 0.6) is 0 Å². The van der Waals surface area contributed by atoms with E-state index in [4.69, 9.17) is 0 Å². The van der Waals surface area contributed by atoms with E-state index >= 15 is 0 Å². The van der Waals surface area contributed by atoms with E-state index in [0.717, 1.165) is 12.5 Å². The minimum atomic E-state index is 0. The maximum absolute atomic E-state index is 3.80. The highest BCUT2D eigenvalue weighted by molar-refractivity contribution is 5.85. The van der Waals surface area contributed by atoms with Gasteiger partial charge in [-0.1, -0.05) is 43.2 Å². The van der Waals surface area contributed by atoms with Crippen molar-refractivity contribution in [2.75, 3.05) is 13.6 Å². The number of nitrogens with zero attached hydrogens (tertiary/aromatic N) is 1. The Morgan fingerprint density at radius 1 is 1.26 bits per heavy atom. The first-order chi connectivity index (χ1) is 8.72. The molecule has 19 heavy (non-hydrogen) atoms. The van der Waals surface area contributed by atoms with Crippen molar-refractivity contribution < 1.29 is 0 Å². The van der Waals surface area contributed by atoms with E-state index in [1.807, 2.05) is 6.08 Å². The Kier molecular flexibility index (Phi) is 6.60. The van der Waals surface area contributed by atoms with Crippen LogP contribution in [0.2, 0.25) is 0 Å². The van der Waals surface area contributed by atoms with Crippen molar-refractivity contribution >= 4 is 12.4 Å². The lowest BCUT2D eigenvalue weighted by Gasteiger charge is -2.24. The Morgan fingerprint density at radius 3 is 2.37 bits per heavy atom. The van der Waals surface area contributed by atoms with E-state index < -0.39 is 0 Å². The Hall–Kier alpha value is -0.790. The fourth-order valence-corrected chi connectivity index (χ4v) is 2.92. The van der Waals surface area contributed by atoms with Crippen molar-refractivity contribution in [2.24, 2.45) is 0 Å². The molecule has 0 saturated heterocycles. The van der Waals surface area contributed by atoms with E-state index in [1.54, 1.807) is 0 Å². The summed E-state index contributed by atoms with van der Waals surface area (Å²) in [6.07, 6.45) is 7.54. The fourth-order valence-electron chi connectivity index (χ4n) is 2.92. The number of hydrogen-bond acceptors (Lipinski definition) is 1. The van der Waals surface area contributed by atoms with Crippen LogP contribution in [0.25, 0.3) is 0 Å². The van der Waals surface area contributed by atoms with Crippen LogP contribution < -0.4 is 0 Å². The monoisotopic (exact) mass is 279 g/mol. The largest absolute Gasteiger partial charge is 0.296 e. The molecular formula is C17H26ClN. The summed E-state index contributed by atoms with van der Waals surface area (Å²) in [5.41, 5.74) is 2.94. The molecule has 0 amide bonds. The zero-order valence-corrected chi connectivity index (χ0v) is 13.0. The first-order valence-electron chi connectivity index (χ1n) is 7.13. The average Bonchev–Trinajstić information content (AvgIpc) is 2.92. The number of halogens is 1. The molecule has 1 aliphatic carbocycles. The quantitative estimate of drug-likeness (QED) is 0.690. The first kappa shape index (κ1) is 16.3. The van der Waals surface area contributed by atoms with Crippen LogP contribution in [0.4, 0.5) is 0 Å². The van der Waals surface area contributed by atoms with Gasteiger partial charge >= 0.3 is 0 Å². The van der Waals surface area contributed by atoms with Gasteiger partial charge in [-0.2, -0.15) is 0 Å². The Morgan fingerprint density at radius 2 is 1.84 bits per heavy atom. The Bertz CT molecular complexity index is 379. The van der Waals surface area contributed by atoms with Crippen molar-refractivity contribution in [3.8, 4) is 0 Å². The lowest BCUT2D eigenvalue weighted by molar-refractivity contribution is 0.290. The van der Waals surface area contributed by atoms with Crippen LogP contribution in [0.1, 0.15) is 55.7 Å². The number of hydrogen-bond donors (Lipinski definition) is 0. The second kappa shape index (κ2) is 7.72. The molecule has 0 aliphatic heterocycles. The molecule has 0 bridgehead atoms. The third-order valence-corrected chi connectivity index (χ3v) is 4.32. The van der Waals surface area contributed by atoms with Crippen LogP contribution in [-0.2, 0) is 0 Å². The van der Waals surface area contributed by atoms with Gasteiger partial charge in [0.1, 0.15) is 0 Å². The molecule has 0 radical (unpaired) electrons. The molecule has 1 atom stereocenters. The molecule has 0 spiro atoms. The van der Waals surface area contributed by atoms with Crippen molar-refractivity contribution in [3.05, 3.63) is 48.0 Å². The van der Waals surface area contributed by atoms with Crippen LogP contribution in [0.15, 0.2) is 36.9 Å². The van der Waals surface area contributed by atoms with Gasteiger partial charge in [-0.25, -0.2) is 0 Å². The molecule has 0 heterocycles. The average molecular weight is 280 g/mol. The van der Waals surface area contributed by atoms with E-state index in [9.17, 15) is 0 Å². The van der Waals surface area contributed by atoms with E-state index in [2.05, 4.69) is 49.7 Å². The van der Waals surface area contributed by atoms with Gasteiger partial charge in [0.05, 0.1) is 0 Å². The summed E-state index contributed by atoms with van der Waals surface area (Å²) < 4.78 is 0. The second-order valence-electron chi connectivity index (χ2n) is 5.55. The number of benzene rings is 1. The lowest BCUT2D eigenvalue weighted by atomic mass is 9.95. The van der Waals surface area contributed by atoms with E-state index in [-0.39, 0.29) is 12.4 Å². The second-order valence-corrected chi connectivity index (χ2v) is 5.55. The third-order valence-electron chi connectivity index (χ3n) is 4.32. The van der Waals surface area contributed by atoms with Crippen LogP contribution in [0, 0.1) is 0 Å². The van der Waals surface area contributed by atoms with Crippen molar-refractivity contribution in [1.29, 1.82) is 0 Å². The molecule has 0 N–H and O–H groups in total. The Labute approximate surface area is 124 Å². The molecule has 1 saturated carbocycles. The molecule has 106 valence electrons. The van der Waals surface area contributed by atoms with Crippen LogP contribution in [0.3, 0.4) is 0 Å². The zero-order chi connectivity index (χ0) is 13.0. The molecule has 2 heteroatoms. The topological polar surface area (TPSA) is 3.24 Å². The Balaban J connectivity index is 0.00000180. The fraction of sp³-hybridized carbons (Fsp3) is 0.529. The lowest BCUT2D eigenvalue weighted by Crippen LogP contribution is -2.22. The van der Waals surface area contributed by atoms with E-state index in [1.165, 1.54) is 36.8 Å². The molecule has 1 aliphatic rings. The smallest absolute Gasteiger partial charge is 0.0320 e.